The van der Waals surface area contributed by atoms with Gasteiger partial charge in [-0.3, -0.25) is 0 Å². The summed E-state index contributed by atoms with van der Waals surface area (Å²) in [5.41, 5.74) is 2.48. The Morgan fingerprint density at radius 2 is 1.91 bits per heavy atom. The van der Waals surface area contributed by atoms with Crippen molar-refractivity contribution in [3.8, 4) is 28.6 Å². The molecule has 5 aromatic rings. The Balaban J connectivity index is 1.58. The third kappa shape index (κ3) is 4.27. The Labute approximate surface area is 199 Å². The maximum Gasteiger partial charge on any atom is 0.189 e. The molecular weight excluding hydrogens is 458 g/mol. The van der Waals surface area contributed by atoms with Gasteiger partial charge < -0.3 is 9.47 Å². The predicted molar refractivity (Wildman–Crippen MR) is 130 cm³/mol. The molecular formula is C24H20ClN5O2S. The highest BCUT2D eigenvalue weighted by atomic mass is 35.5. The lowest BCUT2D eigenvalue weighted by Gasteiger charge is -2.11. The van der Waals surface area contributed by atoms with E-state index in [9.17, 15) is 0 Å². The van der Waals surface area contributed by atoms with Crippen LogP contribution in [0.2, 0.25) is 5.02 Å². The van der Waals surface area contributed by atoms with Crippen molar-refractivity contribution in [2.75, 3.05) is 13.4 Å². The van der Waals surface area contributed by atoms with Crippen LogP contribution in [0, 0.1) is 0 Å². The predicted octanol–water partition coefficient (Wildman–Crippen LogP) is 5.54. The molecule has 0 aliphatic rings. The molecule has 0 atom stereocenters. The van der Waals surface area contributed by atoms with Gasteiger partial charge in [-0.1, -0.05) is 11.6 Å². The fraction of sp³-hybridized carbons (Fsp3) is 0.125. The number of hydrogen-bond donors (Lipinski definition) is 0. The van der Waals surface area contributed by atoms with Crippen LogP contribution in [0.15, 0.2) is 78.0 Å². The van der Waals surface area contributed by atoms with Gasteiger partial charge in [0.05, 0.1) is 12.6 Å². The van der Waals surface area contributed by atoms with E-state index in [1.54, 1.807) is 46.4 Å². The molecule has 0 saturated carbocycles. The lowest BCUT2D eigenvalue weighted by Crippen LogP contribution is -2.03. The van der Waals surface area contributed by atoms with Gasteiger partial charge in [0.15, 0.2) is 11.6 Å². The van der Waals surface area contributed by atoms with Gasteiger partial charge in [0.2, 0.25) is 0 Å². The number of rotatable bonds is 7. The summed E-state index contributed by atoms with van der Waals surface area (Å²) in [5, 5.41) is 9.68. The number of methoxy groups -OCH3 is 1. The van der Waals surface area contributed by atoms with Crippen molar-refractivity contribution >= 4 is 28.9 Å². The number of nitrogens with zero attached hydrogens (tertiary/aromatic N) is 5. The topological polar surface area (TPSA) is 66.5 Å². The molecule has 7 nitrogen and oxygen atoms in total. The molecule has 5 rings (SSSR count). The van der Waals surface area contributed by atoms with Gasteiger partial charge >= 0.3 is 0 Å². The molecule has 0 N–H and O–H groups in total. The molecule has 0 unspecified atom stereocenters. The average Bonchev–Trinajstić information content (AvgIpc) is 3.47. The maximum atomic E-state index is 6.31. The average molecular weight is 478 g/mol. The van der Waals surface area contributed by atoms with Crippen molar-refractivity contribution < 1.29 is 9.47 Å². The number of fused-ring (bicyclic) bond motifs is 1. The lowest BCUT2D eigenvalue weighted by molar-refractivity contribution is 0.295. The van der Waals surface area contributed by atoms with E-state index in [2.05, 4.69) is 5.10 Å². The van der Waals surface area contributed by atoms with Crippen molar-refractivity contribution in [2.24, 2.45) is 0 Å². The van der Waals surface area contributed by atoms with Gasteiger partial charge in [-0.2, -0.15) is 5.10 Å². The molecule has 0 radical (unpaired) electrons. The first kappa shape index (κ1) is 21.4. The van der Waals surface area contributed by atoms with E-state index >= 15 is 0 Å². The Morgan fingerprint density at radius 3 is 2.70 bits per heavy atom. The minimum atomic E-state index is 0.214. The molecule has 9 heteroatoms. The van der Waals surface area contributed by atoms with Crippen molar-refractivity contribution in [3.63, 3.8) is 0 Å². The van der Waals surface area contributed by atoms with E-state index in [0.29, 0.717) is 28.1 Å². The molecule has 0 saturated heterocycles. The summed E-state index contributed by atoms with van der Waals surface area (Å²) in [7, 11) is 1.61. The Kier molecular flexibility index (Phi) is 5.93. The first-order valence-electron chi connectivity index (χ1n) is 10.2. The smallest absolute Gasteiger partial charge is 0.189 e. The number of halogens is 1. The van der Waals surface area contributed by atoms with Crippen LogP contribution < -0.4 is 9.47 Å². The molecule has 2 aromatic carbocycles. The zero-order valence-electron chi connectivity index (χ0n) is 18.0. The van der Waals surface area contributed by atoms with Gasteiger partial charge in [-0.15, -0.1) is 16.9 Å². The summed E-state index contributed by atoms with van der Waals surface area (Å²) in [6.45, 7) is 0.214. The number of benzene rings is 2. The fourth-order valence-corrected chi connectivity index (χ4v) is 4.12. The third-order valence-electron chi connectivity index (χ3n) is 5.12. The normalized spacial score (nSPS) is 11.1. The highest BCUT2D eigenvalue weighted by Crippen LogP contribution is 2.32. The Morgan fingerprint density at radius 1 is 1.06 bits per heavy atom. The van der Waals surface area contributed by atoms with Crippen LogP contribution in [0.4, 0.5) is 0 Å². The molecule has 0 spiro atoms. The molecule has 0 fully saturated rings. The first-order valence-corrected chi connectivity index (χ1v) is 11.8. The molecule has 166 valence electrons. The van der Waals surface area contributed by atoms with Gasteiger partial charge in [0, 0.05) is 27.9 Å². The SMILES string of the molecule is COc1ccc(Cl)cc1-n1nc(COc2ccc(SC)cc2)nc1-c1ccn2ncccc12. The van der Waals surface area contributed by atoms with Crippen LogP contribution in [-0.4, -0.2) is 37.7 Å². The summed E-state index contributed by atoms with van der Waals surface area (Å²) < 4.78 is 15.1. The highest BCUT2D eigenvalue weighted by molar-refractivity contribution is 7.98. The standard InChI is InChI=1S/C24H20ClN5O2S/c1-31-22-10-5-16(25)14-21(22)30-24(19-11-13-29-20(19)4-3-12-26-29)27-23(28-30)15-32-17-6-8-18(33-2)9-7-17/h3-14H,15H2,1-2H3. The highest BCUT2D eigenvalue weighted by Gasteiger charge is 2.20. The number of aromatic nitrogens is 5. The van der Waals surface area contributed by atoms with Crippen LogP contribution in [-0.2, 0) is 6.61 Å². The van der Waals surface area contributed by atoms with E-state index in [0.717, 1.165) is 16.8 Å². The van der Waals surface area contributed by atoms with Crippen molar-refractivity contribution in [1.82, 2.24) is 24.4 Å². The minimum Gasteiger partial charge on any atom is -0.494 e. The maximum absolute atomic E-state index is 6.31. The number of ether oxygens (including phenoxy) is 2. The van der Waals surface area contributed by atoms with Crippen molar-refractivity contribution in [1.29, 1.82) is 0 Å². The zero-order chi connectivity index (χ0) is 22.8. The van der Waals surface area contributed by atoms with E-state index < -0.39 is 0 Å². The van der Waals surface area contributed by atoms with Gasteiger partial charge in [-0.25, -0.2) is 14.2 Å². The lowest BCUT2D eigenvalue weighted by atomic mass is 10.2. The van der Waals surface area contributed by atoms with Crippen LogP contribution in [0.5, 0.6) is 11.5 Å². The second-order valence-corrected chi connectivity index (χ2v) is 8.44. The third-order valence-corrected chi connectivity index (χ3v) is 6.10. The van der Waals surface area contributed by atoms with Crippen LogP contribution in [0.1, 0.15) is 5.82 Å². The Bertz CT molecular complexity index is 1410. The van der Waals surface area contributed by atoms with Gasteiger partial charge in [-0.05, 0) is 66.9 Å². The molecule has 0 aliphatic heterocycles. The summed E-state index contributed by atoms with van der Waals surface area (Å²) in [6.07, 6.45) is 5.67. The van der Waals surface area contributed by atoms with E-state index in [1.165, 1.54) is 4.90 Å². The van der Waals surface area contributed by atoms with E-state index in [-0.39, 0.29) is 6.61 Å². The van der Waals surface area contributed by atoms with Gasteiger partial charge in [0.1, 0.15) is 23.8 Å². The quantitative estimate of drug-likeness (QED) is 0.286. The molecule has 3 heterocycles. The second-order valence-electron chi connectivity index (χ2n) is 7.13. The Hall–Kier alpha value is -3.49. The summed E-state index contributed by atoms with van der Waals surface area (Å²) in [6, 6.07) is 19.2. The summed E-state index contributed by atoms with van der Waals surface area (Å²) in [5.74, 6) is 2.56. The van der Waals surface area contributed by atoms with Crippen LogP contribution >= 0.6 is 23.4 Å². The molecule has 0 aliphatic carbocycles. The largest absolute Gasteiger partial charge is 0.494 e. The monoisotopic (exact) mass is 477 g/mol. The van der Waals surface area contributed by atoms with Crippen LogP contribution in [0.25, 0.3) is 22.6 Å². The minimum absolute atomic E-state index is 0.214. The molecule has 0 bridgehead atoms. The van der Waals surface area contributed by atoms with Crippen molar-refractivity contribution in [3.05, 3.63) is 83.9 Å². The van der Waals surface area contributed by atoms with Crippen LogP contribution in [0.3, 0.4) is 0 Å². The number of thioether (sulfide) groups is 1. The van der Waals surface area contributed by atoms with E-state index in [1.807, 2.05) is 61.0 Å². The summed E-state index contributed by atoms with van der Waals surface area (Å²) >= 11 is 8.00. The van der Waals surface area contributed by atoms with E-state index in [4.69, 9.17) is 31.2 Å². The molecule has 0 amide bonds. The molecule has 3 aromatic heterocycles. The van der Waals surface area contributed by atoms with Crippen molar-refractivity contribution in [2.45, 2.75) is 11.5 Å². The second kappa shape index (κ2) is 9.17. The molecule has 33 heavy (non-hydrogen) atoms. The summed E-state index contributed by atoms with van der Waals surface area (Å²) in [4.78, 5) is 5.99. The number of hydrogen-bond acceptors (Lipinski definition) is 6. The van der Waals surface area contributed by atoms with Gasteiger partial charge in [0.25, 0.3) is 0 Å². The first-order chi connectivity index (χ1) is 16.2. The zero-order valence-corrected chi connectivity index (χ0v) is 19.5. The fourth-order valence-electron chi connectivity index (χ4n) is 3.54.